The van der Waals surface area contributed by atoms with E-state index in [1.165, 1.54) is 112 Å². The van der Waals surface area contributed by atoms with Gasteiger partial charge in [-0.1, -0.05) is 157 Å². The van der Waals surface area contributed by atoms with Gasteiger partial charge in [-0.25, -0.2) is 0 Å². The summed E-state index contributed by atoms with van der Waals surface area (Å²) in [5.74, 6) is 0. The predicted octanol–water partition coefficient (Wildman–Crippen LogP) is 16.7. The Kier molecular flexibility index (Phi) is 8.19. The zero-order chi connectivity index (χ0) is 44.4. The van der Waals surface area contributed by atoms with Crippen molar-refractivity contribution in [2.24, 2.45) is 0 Å². The SMILES string of the molecule is Cc1ccc(N(c2ccc3c(c2)Cc2ccccc2-3)c2ccc3c(c2)C2(c4ccccc4-c4ccccc42)c2cc(N(c4ccc(C)cc4)c4ccc5c(c4)Cc4ccccc4-5)ccc2-3)cc1. The smallest absolute Gasteiger partial charge is 0.0727 e. The average Bonchev–Trinajstić information content (AvgIpc) is 4.10. The Balaban J connectivity index is 0.982. The molecule has 4 aliphatic rings. The van der Waals surface area contributed by atoms with Crippen LogP contribution < -0.4 is 9.80 Å². The minimum atomic E-state index is -0.555. The van der Waals surface area contributed by atoms with Gasteiger partial charge < -0.3 is 9.80 Å². The molecule has 14 rings (SSSR count). The molecule has 4 aliphatic carbocycles. The second kappa shape index (κ2) is 14.4. The minimum absolute atomic E-state index is 0.555. The summed E-state index contributed by atoms with van der Waals surface area (Å²) in [6.07, 6.45) is 1.89. The normalized spacial score (nSPS) is 13.5. The van der Waals surface area contributed by atoms with Crippen molar-refractivity contribution in [1.29, 1.82) is 0 Å². The van der Waals surface area contributed by atoms with E-state index in [-0.39, 0.29) is 0 Å². The first-order chi connectivity index (χ1) is 33.0. The summed E-state index contributed by atoms with van der Waals surface area (Å²) < 4.78 is 0. The van der Waals surface area contributed by atoms with Crippen molar-refractivity contribution in [3.8, 4) is 44.5 Å². The van der Waals surface area contributed by atoms with Gasteiger partial charge >= 0.3 is 0 Å². The van der Waals surface area contributed by atoms with Crippen LogP contribution in [0, 0.1) is 13.8 Å². The summed E-state index contributed by atoms with van der Waals surface area (Å²) in [6, 6.07) is 82.8. The van der Waals surface area contributed by atoms with E-state index in [0.29, 0.717) is 0 Å². The summed E-state index contributed by atoms with van der Waals surface area (Å²) in [6.45, 7) is 4.34. The molecule has 0 aromatic heterocycles. The summed E-state index contributed by atoms with van der Waals surface area (Å²) in [7, 11) is 0. The molecule has 0 saturated heterocycles. The van der Waals surface area contributed by atoms with Crippen LogP contribution in [0.15, 0.2) is 218 Å². The van der Waals surface area contributed by atoms with Crippen LogP contribution in [0.4, 0.5) is 34.1 Å². The summed E-state index contributed by atoms with van der Waals surface area (Å²) >= 11 is 0. The Hall–Kier alpha value is -8.20. The molecule has 316 valence electrons. The Labute approximate surface area is 392 Å². The molecule has 2 nitrogen and oxygen atoms in total. The lowest BCUT2D eigenvalue weighted by Gasteiger charge is -2.33. The van der Waals surface area contributed by atoms with Gasteiger partial charge in [0, 0.05) is 34.1 Å². The van der Waals surface area contributed by atoms with Crippen LogP contribution in [0.25, 0.3) is 44.5 Å². The van der Waals surface area contributed by atoms with E-state index in [0.717, 1.165) is 35.6 Å². The minimum Gasteiger partial charge on any atom is -0.310 e. The van der Waals surface area contributed by atoms with Crippen molar-refractivity contribution in [1.82, 2.24) is 0 Å². The first-order valence-corrected chi connectivity index (χ1v) is 23.7. The number of benzene rings is 10. The van der Waals surface area contributed by atoms with Crippen LogP contribution in [0.1, 0.15) is 55.6 Å². The topological polar surface area (TPSA) is 6.48 Å². The highest BCUT2D eigenvalue weighted by molar-refractivity contribution is 5.98. The second-order valence-electron chi connectivity index (χ2n) is 19.0. The van der Waals surface area contributed by atoms with Crippen molar-refractivity contribution in [2.75, 3.05) is 9.80 Å². The standard InChI is InChI=1S/C65H46N2/c1-41-19-23-47(24-20-41)66(49-27-31-55-45(37-49)35-43-11-3-5-13-53(43)55)51-29-33-59-60-34-30-52(40-64(60)65(63(59)39-51)61-17-9-7-15-57(61)58-16-8-10-18-62(58)65)67(48-25-21-42(2)22-26-48)50-28-32-56-46(38-50)36-44-12-4-6-14-54(44)56/h3-34,37-40H,35-36H2,1-2H3. The molecule has 0 unspecified atom stereocenters. The molecule has 0 amide bonds. The Morgan fingerprint density at radius 3 is 1.01 bits per heavy atom. The largest absolute Gasteiger partial charge is 0.310 e. The Morgan fingerprint density at radius 1 is 0.269 bits per heavy atom. The molecule has 2 heteroatoms. The first kappa shape index (κ1) is 38.1. The number of hydrogen-bond acceptors (Lipinski definition) is 2. The molecular weight excluding hydrogens is 809 g/mol. The molecule has 0 radical (unpaired) electrons. The number of rotatable bonds is 6. The van der Waals surface area contributed by atoms with Crippen molar-refractivity contribution in [3.05, 3.63) is 274 Å². The molecule has 10 aromatic carbocycles. The maximum absolute atomic E-state index is 2.52. The van der Waals surface area contributed by atoms with Crippen LogP contribution in [-0.2, 0) is 18.3 Å². The van der Waals surface area contributed by atoms with Crippen LogP contribution in [0.2, 0.25) is 0 Å². The predicted molar refractivity (Wildman–Crippen MR) is 278 cm³/mol. The van der Waals surface area contributed by atoms with E-state index in [1.807, 2.05) is 0 Å². The van der Waals surface area contributed by atoms with Crippen molar-refractivity contribution in [2.45, 2.75) is 32.1 Å². The lowest BCUT2D eigenvalue weighted by atomic mass is 9.70. The van der Waals surface area contributed by atoms with Gasteiger partial charge in [-0.15, -0.1) is 0 Å². The van der Waals surface area contributed by atoms with Crippen molar-refractivity contribution < 1.29 is 0 Å². The molecular formula is C65H46N2. The molecule has 10 aromatic rings. The average molecular weight is 855 g/mol. The van der Waals surface area contributed by atoms with Gasteiger partial charge in [0.05, 0.1) is 5.41 Å². The van der Waals surface area contributed by atoms with Gasteiger partial charge in [-0.2, -0.15) is 0 Å². The highest BCUT2D eigenvalue weighted by atomic mass is 15.1. The van der Waals surface area contributed by atoms with Gasteiger partial charge in [0.25, 0.3) is 0 Å². The fraction of sp³-hybridized carbons (Fsp3) is 0.0769. The fourth-order valence-corrected chi connectivity index (χ4v) is 12.2. The molecule has 0 fully saturated rings. The highest BCUT2D eigenvalue weighted by Gasteiger charge is 2.52. The van der Waals surface area contributed by atoms with E-state index in [4.69, 9.17) is 0 Å². The monoisotopic (exact) mass is 854 g/mol. The molecule has 1 spiro atoms. The fourth-order valence-electron chi connectivity index (χ4n) is 12.2. The van der Waals surface area contributed by atoms with Gasteiger partial charge in [-0.3, -0.25) is 0 Å². The number of hydrogen-bond donors (Lipinski definition) is 0. The lowest BCUT2D eigenvalue weighted by Crippen LogP contribution is -2.26. The van der Waals surface area contributed by atoms with Crippen LogP contribution in [0.5, 0.6) is 0 Å². The van der Waals surface area contributed by atoms with Gasteiger partial charge in [0.15, 0.2) is 0 Å². The van der Waals surface area contributed by atoms with E-state index < -0.39 is 5.41 Å². The summed E-state index contributed by atoms with van der Waals surface area (Å²) in [5, 5.41) is 0. The molecule has 0 heterocycles. The number of anilines is 6. The van der Waals surface area contributed by atoms with E-state index in [2.05, 4.69) is 242 Å². The molecule has 0 atom stereocenters. The molecule has 0 aliphatic heterocycles. The zero-order valence-electron chi connectivity index (χ0n) is 37.6. The van der Waals surface area contributed by atoms with Gasteiger partial charge in [0.1, 0.15) is 0 Å². The van der Waals surface area contributed by atoms with E-state index in [9.17, 15) is 0 Å². The molecule has 67 heavy (non-hydrogen) atoms. The third kappa shape index (κ3) is 5.57. The number of aryl methyl sites for hydroxylation is 2. The van der Waals surface area contributed by atoms with Gasteiger partial charge in [-0.05, 0) is 189 Å². The van der Waals surface area contributed by atoms with Crippen molar-refractivity contribution >= 4 is 34.1 Å². The van der Waals surface area contributed by atoms with Crippen LogP contribution >= 0.6 is 0 Å². The Bertz CT molecular complexity index is 3430. The third-order valence-corrected chi connectivity index (χ3v) is 15.2. The van der Waals surface area contributed by atoms with Crippen LogP contribution in [0.3, 0.4) is 0 Å². The Morgan fingerprint density at radius 2 is 0.582 bits per heavy atom. The maximum atomic E-state index is 2.52. The lowest BCUT2D eigenvalue weighted by molar-refractivity contribution is 0.793. The van der Waals surface area contributed by atoms with Crippen molar-refractivity contribution in [3.63, 3.8) is 0 Å². The number of fused-ring (bicyclic) bond motifs is 16. The van der Waals surface area contributed by atoms with Gasteiger partial charge in [0.2, 0.25) is 0 Å². The van der Waals surface area contributed by atoms with E-state index in [1.54, 1.807) is 0 Å². The summed E-state index contributed by atoms with van der Waals surface area (Å²) in [5.41, 5.74) is 30.2. The maximum Gasteiger partial charge on any atom is 0.0727 e. The quantitative estimate of drug-likeness (QED) is 0.164. The number of nitrogens with zero attached hydrogens (tertiary/aromatic N) is 2. The van der Waals surface area contributed by atoms with E-state index >= 15 is 0 Å². The zero-order valence-corrected chi connectivity index (χ0v) is 37.6. The highest BCUT2D eigenvalue weighted by Crippen LogP contribution is 2.64. The molecule has 0 saturated carbocycles. The first-order valence-electron chi connectivity index (χ1n) is 23.7. The molecule has 0 N–H and O–H groups in total. The molecule has 0 bridgehead atoms. The van der Waals surface area contributed by atoms with Crippen LogP contribution in [-0.4, -0.2) is 0 Å². The second-order valence-corrected chi connectivity index (χ2v) is 19.0. The summed E-state index contributed by atoms with van der Waals surface area (Å²) in [4.78, 5) is 4.95. The third-order valence-electron chi connectivity index (χ3n) is 15.2.